The maximum absolute atomic E-state index is 13.9. The standard InChI is InChI=1S/C16H24F4N/c1-6-14(16(19,20)15(2,17)18)13-9-7-12(8-10-13)11-21(3,4)5/h7-10,14H,6,11H2,1-5H3/q+1. The van der Waals surface area contributed by atoms with Gasteiger partial charge in [-0.3, -0.25) is 0 Å². The van der Waals surface area contributed by atoms with E-state index in [1.807, 2.05) is 21.1 Å². The molecule has 1 aromatic rings. The Hall–Kier alpha value is -1.10. The molecule has 120 valence electrons. The molecule has 1 aromatic carbocycles. The van der Waals surface area contributed by atoms with Crippen LogP contribution in [0.25, 0.3) is 0 Å². The average molecular weight is 306 g/mol. The van der Waals surface area contributed by atoms with Gasteiger partial charge in [-0.2, -0.15) is 8.78 Å². The van der Waals surface area contributed by atoms with E-state index in [0.717, 1.165) is 12.1 Å². The summed E-state index contributed by atoms with van der Waals surface area (Å²) in [7, 11) is 6.07. The summed E-state index contributed by atoms with van der Waals surface area (Å²) in [6.07, 6.45) is -0.0366. The van der Waals surface area contributed by atoms with Gasteiger partial charge in [0.15, 0.2) is 0 Å². The molecule has 1 unspecified atom stereocenters. The van der Waals surface area contributed by atoms with E-state index in [-0.39, 0.29) is 18.9 Å². The molecule has 0 aliphatic carbocycles. The van der Waals surface area contributed by atoms with Crippen molar-refractivity contribution in [2.75, 3.05) is 21.1 Å². The molecule has 0 fully saturated rings. The van der Waals surface area contributed by atoms with Gasteiger partial charge >= 0.3 is 11.8 Å². The van der Waals surface area contributed by atoms with Crippen LogP contribution in [0, 0.1) is 0 Å². The first kappa shape index (κ1) is 18.0. The zero-order valence-electron chi connectivity index (χ0n) is 13.3. The Morgan fingerprint density at radius 2 is 1.48 bits per heavy atom. The quantitative estimate of drug-likeness (QED) is 0.529. The Balaban J connectivity index is 3.03. The monoisotopic (exact) mass is 306 g/mol. The minimum atomic E-state index is -4.05. The summed E-state index contributed by atoms with van der Waals surface area (Å²) in [5.41, 5.74) is 1.25. The molecule has 0 aliphatic rings. The fraction of sp³-hybridized carbons (Fsp3) is 0.625. The second kappa shape index (κ2) is 5.95. The molecule has 0 bridgehead atoms. The Kier molecular flexibility index (Phi) is 5.09. The van der Waals surface area contributed by atoms with Crippen LogP contribution in [-0.4, -0.2) is 37.5 Å². The minimum Gasteiger partial charge on any atom is -0.327 e. The van der Waals surface area contributed by atoms with Gasteiger partial charge in [-0.25, -0.2) is 8.78 Å². The van der Waals surface area contributed by atoms with E-state index in [4.69, 9.17) is 0 Å². The van der Waals surface area contributed by atoms with Crippen LogP contribution in [0.2, 0.25) is 0 Å². The first-order valence-corrected chi connectivity index (χ1v) is 7.03. The summed E-state index contributed by atoms with van der Waals surface area (Å²) in [5.74, 6) is -9.56. The number of hydrogen-bond donors (Lipinski definition) is 0. The molecule has 0 amide bonds. The van der Waals surface area contributed by atoms with Gasteiger partial charge in [0.05, 0.1) is 27.1 Å². The van der Waals surface area contributed by atoms with Crippen molar-refractivity contribution >= 4 is 0 Å². The van der Waals surface area contributed by atoms with E-state index in [2.05, 4.69) is 0 Å². The fourth-order valence-corrected chi connectivity index (χ4v) is 2.41. The molecule has 0 aliphatic heterocycles. The number of nitrogens with zero attached hydrogens (tertiary/aromatic N) is 1. The van der Waals surface area contributed by atoms with Gasteiger partial charge in [0.25, 0.3) is 0 Å². The molecule has 1 nitrogen and oxygen atoms in total. The molecule has 0 spiro atoms. The highest BCUT2D eigenvalue weighted by Crippen LogP contribution is 2.46. The molecule has 0 saturated carbocycles. The van der Waals surface area contributed by atoms with Crippen molar-refractivity contribution in [2.24, 2.45) is 0 Å². The Bertz CT molecular complexity index is 455. The number of hydrogen-bond acceptors (Lipinski definition) is 0. The summed E-state index contributed by atoms with van der Waals surface area (Å²) in [4.78, 5) is 0. The molecule has 1 rings (SSSR count). The number of halogens is 4. The lowest BCUT2D eigenvalue weighted by molar-refractivity contribution is -0.884. The van der Waals surface area contributed by atoms with Gasteiger partial charge in [0.1, 0.15) is 6.54 Å². The summed E-state index contributed by atoms with van der Waals surface area (Å²) >= 11 is 0. The van der Waals surface area contributed by atoms with Crippen molar-refractivity contribution in [3.05, 3.63) is 35.4 Å². The maximum atomic E-state index is 13.9. The van der Waals surface area contributed by atoms with Crippen molar-refractivity contribution in [2.45, 2.75) is 44.6 Å². The van der Waals surface area contributed by atoms with E-state index in [0.29, 0.717) is 4.48 Å². The third kappa shape index (κ3) is 4.43. The van der Waals surface area contributed by atoms with E-state index >= 15 is 0 Å². The molecule has 0 N–H and O–H groups in total. The molecule has 0 heterocycles. The highest BCUT2D eigenvalue weighted by molar-refractivity contribution is 5.27. The largest absolute Gasteiger partial charge is 0.327 e. The first-order valence-electron chi connectivity index (χ1n) is 7.03. The van der Waals surface area contributed by atoms with Crippen molar-refractivity contribution in [3.63, 3.8) is 0 Å². The normalized spacial score (nSPS) is 15.1. The van der Waals surface area contributed by atoms with Crippen LogP contribution < -0.4 is 0 Å². The second-order valence-electron chi connectivity index (χ2n) is 6.66. The van der Waals surface area contributed by atoms with E-state index < -0.39 is 17.8 Å². The third-order valence-electron chi connectivity index (χ3n) is 3.47. The number of alkyl halides is 4. The lowest BCUT2D eigenvalue weighted by Gasteiger charge is -2.31. The summed E-state index contributed by atoms with van der Waals surface area (Å²) < 4.78 is 54.9. The predicted molar refractivity (Wildman–Crippen MR) is 76.8 cm³/mol. The SMILES string of the molecule is CCC(c1ccc(C[N+](C)(C)C)cc1)C(F)(F)C(C)(F)F. The topological polar surface area (TPSA) is 0 Å². The molecular formula is C16H24F4N+. The van der Waals surface area contributed by atoms with Gasteiger partial charge in [0.2, 0.25) is 0 Å². The van der Waals surface area contributed by atoms with E-state index in [1.54, 1.807) is 24.3 Å². The van der Waals surface area contributed by atoms with Crippen LogP contribution in [0.1, 0.15) is 37.3 Å². The average Bonchev–Trinajstić information content (AvgIpc) is 2.28. The van der Waals surface area contributed by atoms with Crippen LogP contribution in [0.5, 0.6) is 0 Å². The Morgan fingerprint density at radius 1 is 1.00 bits per heavy atom. The van der Waals surface area contributed by atoms with Crippen LogP contribution in [0.15, 0.2) is 24.3 Å². The Labute approximate surface area is 124 Å². The number of quaternary nitrogens is 1. The van der Waals surface area contributed by atoms with E-state index in [9.17, 15) is 17.6 Å². The molecule has 0 saturated heterocycles. The van der Waals surface area contributed by atoms with Gasteiger partial charge in [0, 0.05) is 12.5 Å². The van der Waals surface area contributed by atoms with Crippen molar-refractivity contribution in [1.29, 1.82) is 0 Å². The minimum absolute atomic E-state index is 0.0366. The number of rotatable bonds is 6. The summed E-state index contributed by atoms with van der Waals surface area (Å²) in [5, 5.41) is 0. The summed E-state index contributed by atoms with van der Waals surface area (Å²) in [6, 6.07) is 6.56. The highest BCUT2D eigenvalue weighted by Gasteiger charge is 2.57. The summed E-state index contributed by atoms with van der Waals surface area (Å²) in [6.45, 7) is 2.53. The van der Waals surface area contributed by atoms with Gasteiger partial charge in [-0.15, -0.1) is 0 Å². The molecule has 1 atom stereocenters. The van der Waals surface area contributed by atoms with Crippen LogP contribution in [0.4, 0.5) is 17.6 Å². The predicted octanol–water partition coefficient (Wildman–Crippen LogP) is 4.68. The molecule has 21 heavy (non-hydrogen) atoms. The fourth-order valence-electron chi connectivity index (χ4n) is 2.41. The van der Waals surface area contributed by atoms with E-state index in [1.165, 1.54) is 6.92 Å². The van der Waals surface area contributed by atoms with Crippen molar-refractivity contribution < 1.29 is 22.0 Å². The zero-order valence-corrected chi connectivity index (χ0v) is 13.3. The second-order valence-corrected chi connectivity index (χ2v) is 6.66. The molecule has 0 aromatic heterocycles. The van der Waals surface area contributed by atoms with Gasteiger partial charge in [-0.05, 0) is 12.0 Å². The van der Waals surface area contributed by atoms with Crippen LogP contribution >= 0.6 is 0 Å². The molecule has 0 radical (unpaired) electrons. The Morgan fingerprint density at radius 3 is 1.81 bits per heavy atom. The lowest BCUT2D eigenvalue weighted by Crippen LogP contribution is -2.43. The van der Waals surface area contributed by atoms with Crippen molar-refractivity contribution in [3.8, 4) is 0 Å². The van der Waals surface area contributed by atoms with Crippen LogP contribution in [-0.2, 0) is 6.54 Å². The zero-order chi connectivity index (χ0) is 16.5. The molecule has 5 heteroatoms. The maximum Gasteiger partial charge on any atom is 0.316 e. The van der Waals surface area contributed by atoms with Gasteiger partial charge < -0.3 is 4.48 Å². The number of benzene rings is 1. The van der Waals surface area contributed by atoms with Crippen molar-refractivity contribution in [1.82, 2.24) is 0 Å². The smallest absolute Gasteiger partial charge is 0.316 e. The van der Waals surface area contributed by atoms with Crippen LogP contribution in [0.3, 0.4) is 0 Å². The van der Waals surface area contributed by atoms with Gasteiger partial charge in [-0.1, -0.05) is 31.2 Å². The highest BCUT2D eigenvalue weighted by atomic mass is 19.3. The first-order chi connectivity index (χ1) is 9.38. The lowest BCUT2D eigenvalue weighted by atomic mass is 9.86. The third-order valence-corrected chi connectivity index (χ3v) is 3.47. The molecular weight excluding hydrogens is 282 g/mol.